The monoisotopic (exact) mass is 420 g/mol. The molecule has 0 saturated carbocycles. The van der Waals surface area contributed by atoms with E-state index in [1.807, 2.05) is 28.9 Å². The quantitative estimate of drug-likeness (QED) is 0.392. The third kappa shape index (κ3) is 4.23. The molecule has 0 amide bonds. The Hall–Kier alpha value is -3.13. The lowest BCUT2D eigenvalue weighted by atomic mass is 10.0. The number of hydrogen-bond acceptors (Lipinski definition) is 6. The minimum Gasteiger partial charge on any atom is -0.497 e. The molecule has 0 aliphatic carbocycles. The molecule has 0 spiro atoms. The Kier molecular flexibility index (Phi) is 6.13. The van der Waals surface area contributed by atoms with Crippen molar-refractivity contribution in [1.82, 2.24) is 29.5 Å². The average molecular weight is 421 g/mol. The molecule has 30 heavy (non-hydrogen) atoms. The SMILES string of the molecule is COc1ccc(-c2nnc(SCCn3cncn3)n2-c2ccccc2C(C)C)cc1. The topological polar surface area (TPSA) is 70.7 Å². The van der Waals surface area contributed by atoms with Crippen LogP contribution in [0.1, 0.15) is 25.3 Å². The number of rotatable bonds is 8. The number of hydrogen-bond donors (Lipinski definition) is 0. The van der Waals surface area contributed by atoms with Crippen LogP contribution in [0.25, 0.3) is 17.1 Å². The third-order valence-electron chi connectivity index (χ3n) is 4.80. The van der Waals surface area contributed by atoms with Gasteiger partial charge in [-0.2, -0.15) is 5.10 Å². The van der Waals surface area contributed by atoms with Crippen LogP contribution in [0.3, 0.4) is 0 Å². The molecular formula is C22H24N6OS. The van der Waals surface area contributed by atoms with Gasteiger partial charge in [0, 0.05) is 11.3 Å². The number of methoxy groups -OCH3 is 1. The highest BCUT2D eigenvalue weighted by Crippen LogP contribution is 2.32. The maximum Gasteiger partial charge on any atom is 0.196 e. The molecule has 0 atom stereocenters. The van der Waals surface area contributed by atoms with Crippen molar-refractivity contribution in [3.05, 3.63) is 66.7 Å². The van der Waals surface area contributed by atoms with Gasteiger partial charge in [-0.05, 0) is 41.8 Å². The van der Waals surface area contributed by atoms with Crippen molar-refractivity contribution in [1.29, 1.82) is 0 Å². The van der Waals surface area contributed by atoms with E-state index >= 15 is 0 Å². The van der Waals surface area contributed by atoms with Crippen molar-refractivity contribution in [2.45, 2.75) is 31.5 Å². The standard InChI is InChI=1S/C22H24N6OS/c1-16(2)19-6-4-5-7-20(19)28-21(17-8-10-18(29-3)11-9-17)25-26-22(28)30-13-12-27-15-23-14-24-27/h4-11,14-16H,12-13H2,1-3H3. The highest BCUT2D eigenvalue weighted by molar-refractivity contribution is 7.99. The second-order valence-electron chi connectivity index (χ2n) is 7.09. The molecule has 0 radical (unpaired) electrons. The molecule has 2 heterocycles. The van der Waals surface area contributed by atoms with E-state index < -0.39 is 0 Å². The highest BCUT2D eigenvalue weighted by atomic mass is 32.2. The normalized spacial score (nSPS) is 11.2. The Bertz CT molecular complexity index is 1090. The van der Waals surface area contributed by atoms with Crippen molar-refractivity contribution in [3.63, 3.8) is 0 Å². The van der Waals surface area contributed by atoms with Gasteiger partial charge in [0.2, 0.25) is 0 Å². The predicted octanol–water partition coefficient (Wildman–Crippen LogP) is 4.45. The molecule has 0 N–H and O–H groups in total. The molecule has 7 nitrogen and oxygen atoms in total. The number of nitrogens with zero attached hydrogens (tertiary/aromatic N) is 6. The molecule has 8 heteroatoms. The Morgan fingerprint density at radius 1 is 1.03 bits per heavy atom. The zero-order valence-electron chi connectivity index (χ0n) is 17.3. The van der Waals surface area contributed by atoms with E-state index in [1.165, 1.54) is 5.56 Å². The second-order valence-corrected chi connectivity index (χ2v) is 8.15. The van der Waals surface area contributed by atoms with E-state index in [2.05, 4.69) is 63.0 Å². The lowest BCUT2D eigenvalue weighted by Gasteiger charge is -2.17. The molecular weight excluding hydrogens is 396 g/mol. The molecule has 154 valence electrons. The summed E-state index contributed by atoms with van der Waals surface area (Å²) in [5.41, 5.74) is 3.35. The van der Waals surface area contributed by atoms with Crippen molar-refractivity contribution >= 4 is 11.8 Å². The fraction of sp³-hybridized carbons (Fsp3) is 0.273. The second kappa shape index (κ2) is 9.13. The van der Waals surface area contributed by atoms with Crippen LogP contribution in [0.5, 0.6) is 5.75 Å². The number of aromatic nitrogens is 6. The Morgan fingerprint density at radius 2 is 1.83 bits per heavy atom. The van der Waals surface area contributed by atoms with Crippen LogP contribution in [0, 0.1) is 0 Å². The van der Waals surface area contributed by atoms with Gasteiger partial charge in [-0.1, -0.05) is 43.8 Å². The summed E-state index contributed by atoms with van der Waals surface area (Å²) in [6.07, 6.45) is 3.27. The zero-order valence-corrected chi connectivity index (χ0v) is 18.1. The summed E-state index contributed by atoms with van der Waals surface area (Å²) < 4.78 is 9.28. The van der Waals surface area contributed by atoms with Crippen molar-refractivity contribution in [2.24, 2.45) is 0 Å². The molecule has 0 saturated heterocycles. The van der Waals surface area contributed by atoms with E-state index in [4.69, 9.17) is 4.74 Å². The van der Waals surface area contributed by atoms with Crippen molar-refractivity contribution < 1.29 is 4.74 Å². The van der Waals surface area contributed by atoms with Gasteiger partial charge in [-0.3, -0.25) is 9.25 Å². The van der Waals surface area contributed by atoms with Gasteiger partial charge >= 0.3 is 0 Å². The smallest absolute Gasteiger partial charge is 0.196 e. The highest BCUT2D eigenvalue weighted by Gasteiger charge is 2.19. The first-order valence-electron chi connectivity index (χ1n) is 9.81. The van der Waals surface area contributed by atoms with Crippen LogP contribution < -0.4 is 4.74 Å². The number of para-hydroxylation sites is 1. The molecule has 0 bridgehead atoms. The first-order chi connectivity index (χ1) is 14.7. The van der Waals surface area contributed by atoms with Crippen LogP contribution in [-0.2, 0) is 6.54 Å². The summed E-state index contributed by atoms with van der Waals surface area (Å²) in [5.74, 6) is 2.82. The minimum absolute atomic E-state index is 0.375. The number of benzene rings is 2. The number of ether oxygens (including phenoxy) is 1. The molecule has 0 aliphatic heterocycles. The van der Waals surface area contributed by atoms with Gasteiger partial charge in [0.15, 0.2) is 11.0 Å². The lowest BCUT2D eigenvalue weighted by molar-refractivity contribution is 0.415. The molecule has 4 aromatic rings. The number of aryl methyl sites for hydroxylation is 1. The van der Waals surface area contributed by atoms with E-state index in [1.54, 1.807) is 31.5 Å². The van der Waals surface area contributed by atoms with Gasteiger partial charge in [0.1, 0.15) is 18.4 Å². The number of thioether (sulfide) groups is 1. The first kappa shape index (κ1) is 20.2. The molecule has 2 aromatic carbocycles. The Labute approximate surface area is 180 Å². The predicted molar refractivity (Wildman–Crippen MR) is 118 cm³/mol. The Balaban J connectivity index is 1.74. The van der Waals surface area contributed by atoms with E-state index in [9.17, 15) is 0 Å². The summed E-state index contributed by atoms with van der Waals surface area (Å²) in [7, 11) is 1.67. The first-order valence-corrected chi connectivity index (χ1v) is 10.8. The van der Waals surface area contributed by atoms with Gasteiger partial charge in [-0.15, -0.1) is 10.2 Å². The van der Waals surface area contributed by atoms with Gasteiger partial charge in [0.25, 0.3) is 0 Å². The van der Waals surface area contributed by atoms with Crippen molar-refractivity contribution in [2.75, 3.05) is 12.9 Å². The summed E-state index contributed by atoms with van der Waals surface area (Å²) >= 11 is 1.66. The summed E-state index contributed by atoms with van der Waals surface area (Å²) in [5, 5.41) is 14.1. The maximum absolute atomic E-state index is 5.30. The van der Waals surface area contributed by atoms with E-state index in [-0.39, 0.29) is 0 Å². The van der Waals surface area contributed by atoms with E-state index in [0.717, 1.165) is 40.3 Å². The van der Waals surface area contributed by atoms with Crippen molar-refractivity contribution in [3.8, 4) is 22.8 Å². The summed E-state index contributed by atoms with van der Waals surface area (Å²) in [6, 6.07) is 16.4. The van der Waals surface area contributed by atoms with Gasteiger partial charge in [-0.25, -0.2) is 4.98 Å². The van der Waals surface area contributed by atoms with Crippen LogP contribution >= 0.6 is 11.8 Å². The Morgan fingerprint density at radius 3 is 2.53 bits per heavy atom. The fourth-order valence-corrected chi connectivity index (χ4v) is 4.14. The largest absolute Gasteiger partial charge is 0.497 e. The molecule has 0 fully saturated rings. The van der Waals surface area contributed by atoms with Crippen LogP contribution in [0.2, 0.25) is 0 Å². The average Bonchev–Trinajstić information content (AvgIpc) is 3.44. The van der Waals surface area contributed by atoms with Crippen LogP contribution in [0.4, 0.5) is 0 Å². The fourth-order valence-electron chi connectivity index (χ4n) is 3.27. The summed E-state index contributed by atoms with van der Waals surface area (Å²) in [6.45, 7) is 5.16. The summed E-state index contributed by atoms with van der Waals surface area (Å²) in [4.78, 5) is 4.00. The maximum atomic E-state index is 5.30. The van der Waals surface area contributed by atoms with Crippen LogP contribution in [-0.4, -0.2) is 42.4 Å². The van der Waals surface area contributed by atoms with Gasteiger partial charge < -0.3 is 4.74 Å². The van der Waals surface area contributed by atoms with Crippen LogP contribution in [0.15, 0.2) is 66.3 Å². The molecule has 2 aromatic heterocycles. The molecule has 0 unspecified atom stereocenters. The molecule has 4 rings (SSSR count). The third-order valence-corrected chi connectivity index (χ3v) is 5.71. The zero-order chi connectivity index (χ0) is 20.9. The lowest BCUT2D eigenvalue weighted by Crippen LogP contribution is -2.06. The molecule has 0 aliphatic rings. The van der Waals surface area contributed by atoms with Gasteiger partial charge in [0.05, 0.1) is 19.3 Å². The minimum atomic E-state index is 0.375. The van der Waals surface area contributed by atoms with E-state index in [0.29, 0.717) is 5.92 Å².